The first kappa shape index (κ1) is 14.3. The zero-order valence-electron chi connectivity index (χ0n) is 11.7. The van der Waals surface area contributed by atoms with E-state index in [0.29, 0.717) is 6.54 Å². The van der Waals surface area contributed by atoms with Gasteiger partial charge >= 0.3 is 0 Å². The number of carbonyl (C=O) groups excluding carboxylic acids is 3. The summed E-state index contributed by atoms with van der Waals surface area (Å²) in [5.41, 5.74) is 0. The number of nitrogens with one attached hydrogen (secondary N) is 1. The minimum Gasteiger partial charge on any atom is -0.350 e. The molecule has 1 saturated carbocycles. The van der Waals surface area contributed by atoms with Gasteiger partial charge in [-0.1, -0.05) is 18.9 Å². The highest BCUT2D eigenvalue weighted by molar-refractivity contribution is 7.09. The van der Waals surface area contributed by atoms with Crippen molar-refractivity contribution in [3.05, 3.63) is 22.4 Å². The molecular formula is C15H18N2O3S. The molecule has 6 heteroatoms. The van der Waals surface area contributed by atoms with Crippen molar-refractivity contribution in [2.75, 3.05) is 6.54 Å². The lowest BCUT2D eigenvalue weighted by Gasteiger charge is -2.19. The van der Waals surface area contributed by atoms with Crippen LogP contribution in [-0.2, 0) is 20.9 Å². The van der Waals surface area contributed by atoms with Crippen molar-refractivity contribution >= 4 is 29.1 Å². The molecule has 0 aromatic carbocycles. The molecule has 1 aromatic heterocycles. The second-order valence-corrected chi connectivity index (χ2v) is 6.65. The molecule has 0 bridgehead atoms. The average molecular weight is 306 g/mol. The SMILES string of the molecule is O=C(CN1C(=O)[C@H]2CCCC[C@@H]2C1=O)NCc1cccs1. The minimum atomic E-state index is -0.274. The fourth-order valence-electron chi connectivity index (χ4n) is 3.19. The zero-order valence-corrected chi connectivity index (χ0v) is 12.5. The van der Waals surface area contributed by atoms with Gasteiger partial charge in [-0.25, -0.2) is 0 Å². The molecule has 0 radical (unpaired) electrons. The highest BCUT2D eigenvalue weighted by Gasteiger charge is 2.48. The van der Waals surface area contributed by atoms with Crippen LogP contribution < -0.4 is 5.32 Å². The summed E-state index contributed by atoms with van der Waals surface area (Å²) in [5.74, 6) is -0.955. The molecule has 2 atom stereocenters. The van der Waals surface area contributed by atoms with Crippen molar-refractivity contribution in [3.63, 3.8) is 0 Å². The molecule has 3 rings (SSSR count). The predicted octanol–water partition coefficient (Wildman–Crippen LogP) is 1.54. The normalized spacial score (nSPS) is 25.0. The third kappa shape index (κ3) is 2.85. The number of amides is 3. The number of imide groups is 1. The number of hydrogen-bond acceptors (Lipinski definition) is 4. The molecule has 112 valence electrons. The molecule has 0 unspecified atom stereocenters. The van der Waals surface area contributed by atoms with E-state index in [1.165, 1.54) is 0 Å². The molecule has 1 aromatic rings. The van der Waals surface area contributed by atoms with E-state index >= 15 is 0 Å². The van der Waals surface area contributed by atoms with Gasteiger partial charge in [0.1, 0.15) is 6.54 Å². The van der Waals surface area contributed by atoms with Crippen molar-refractivity contribution in [2.45, 2.75) is 32.2 Å². The van der Waals surface area contributed by atoms with Crippen LogP contribution in [0.15, 0.2) is 17.5 Å². The first-order chi connectivity index (χ1) is 10.2. The largest absolute Gasteiger partial charge is 0.350 e. The monoisotopic (exact) mass is 306 g/mol. The highest BCUT2D eigenvalue weighted by Crippen LogP contribution is 2.37. The fourth-order valence-corrected chi connectivity index (χ4v) is 3.83. The smallest absolute Gasteiger partial charge is 0.240 e. The first-order valence-corrected chi connectivity index (χ1v) is 8.19. The summed E-state index contributed by atoms with van der Waals surface area (Å²) < 4.78 is 0. The number of fused-ring (bicyclic) bond motifs is 1. The Morgan fingerprint density at radius 2 is 1.90 bits per heavy atom. The summed E-state index contributed by atoms with van der Waals surface area (Å²) in [6, 6.07) is 3.86. The summed E-state index contributed by atoms with van der Waals surface area (Å²) in [4.78, 5) is 38.6. The fraction of sp³-hybridized carbons (Fsp3) is 0.533. The number of hydrogen-bond donors (Lipinski definition) is 1. The summed E-state index contributed by atoms with van der Waals surface area (Å²) in [5, 5.41) is 4.70. The average Bonchev–Trinajstić information content (AvgIpc) is 3.09. The third-order valence-corrected chi connectivity index (χ3v) is 5.15. The standard InChI is InChI=1S/C15H18N2O3S/c18-13(16-8-10-4-3-7-21-10)9-17-14(19)11-5-1-2-6-12(11)15(17)20/h3-4,7,11-12H,1-2,5-6,8-9H2,(H,16,18)/t11-,12-/m0/s1. The van der Waals surface area contributed by atoms with Crippen LogP contribution in [0.5, 0.6) is 0 Å². The number of nitrogens with zero attached hydrogens (tertiary/aromatic N) is 1. The summed E-state index contributed by atoms with van der Waals surface area (Å²) in [7, 11) is 0. The van der Waals surface area contributed by atoms with Crippen LogP contribution >= 0.6 is 11.3 Å². The van der Waals surface area contributed by atoms with Gasteiger partial charge in [0.15, 0.2) is 0 Å². The van der Waals surface area contributed by atoms with E-state index in [2.05, 4.69) is 5.32 Å². The van der Waals surface area contributed by atoms with E-state index < -0.39 is 0 Å². The van der Waals surface area contributed by atoms with Crippen LogP contribution in [0.25, 0.3) is 0 Å². The maximum Gasteiger partial charge on any atom is 0.240 e. The van der Waals surface area contributed by atoms with E-state index in [9.17, 15) is 14.4 Å². The molecule has 1 saturated heterocycles. The molecule has 1 aliphatic heterocycles. The Labute approximate surface area is 127 Å². The zero-order chi connectivity index (χ0) is 14.8. The van der Waals surface area contributed by atoms with Crippen molar-refractivity contribution < 1.29 is 14.4 Å². The van der Waals surface area contributed by atoms with Crippen LogP contribution in [0.1, 0.15) is 30.6 Å². The van der Waals surface area contributed by atoms with Crippen LogP contribution in [0.3, 0.4) is 0 Å². The lowest BCUT2D eigenvalue weighted by molar-refractivity contribution is -0.143. The maximum atomic E-state index is 12.2. The third-order valence-electron chi connectivity index (χ3n) is 4.27. The summed E-state index contributed by atoms with van der Waals surface area (Å²) in [6.07, 6.45) is 3.56. The number of thiophene rings is 1. The number of carbonyl (C=O) groups is 3. The molecule has 3 amide bonds. The van der Waals surface area contributed by atoms with Crippen LogP contribution in [0.4, 0.5) is 0 Å². The van der Waals surface area contributed by atoms with Crippen LogP contribution in [0, 0.1) is 11.8 Å². The van der Waals surface area contributed by atoms with Gasteiger partial charge in [0.25, 0.3) is 0 Å². The Balaban J connectivity index is 1.57. The summed E-state index contributed by atoms with van der Waals surface area (Å²) >= 11 is 1.56. The van der Waals surface area contributed by atoms with Crippen molar-refractivity contribution in [1.82, 2.24) is 10.2 Å². The van der Waals surface area contributed by atoms with Crippen LogP contribution in [-0.4, -0.2) is 29.2 Å². The Kier molecular flexibility index (Phi) is 4.05. The molecular weight excluding hydrogens is 288 g/mol. The molecule has 5 nitrogen and oxygen atoms in total. The Morgan fingerprint density at radius 3 is 2.48 bits per heavy atom. The Morgan fingerprint density at radius 1 is 1.24 bits per heavy atom. The molecule has 0 spiro atoms. The van der Waals surface area contributed by atoms with Gasteiger partial charge in [0.2, 0.25) is 17.7 Å². The quantitative estimate of drug-likeness (QED) is 0.858. The second-order valence-electron chi connectivity index (χ2n) is 5.62. The van der Waals surface area contributed by atoms with E-state index in [4.69, 9.17) is 0 Å². The van der Waals surface area contributed by atoms with E-state index in [1.807, 2.05) is 17.5 Å². The van der Waals surface area contributed by atoms with E-state index in [0.717, 1.165) is 35.5 Å². The molecule has 2 heterocycles. The molecule has 1 aliphatic carbocycles. The molecule has 21 heavy (non-hydrogen) atoms. The van der Waals surface area contributed by atoms with Crippen molar-refractivity contribution in [3.8, 4) is 0 Å². The van der Waals surface area contributed by atoms with Crippen LogP contribution in [0.2, 0.25) is 0 Å². The lowest BCUT2D eigenvalue weighted by Crippen LogP contribution is -2.40. The van der Waals surface area contributed by atoms with Crippen molar-refractivity contribution in [2.24, 2.45) is 11.8 Å². The minimum absolute atomic E-state index is 0.143. The number of likely N-dealkylation sites (tertiary alicyclic amines) is 1. The number of rotatable bonds is 4. The van der Waals surface area contributed by atoms with Crippen molar-refractivity contribution in [1.29, 1.82) is 0 Å². The maximum absolute atomic E-state index is 12.2. The first-order valence-electron chi connectivity index (χ1n) is 7.31. The topological polar surface area (TPSA) is 66.5 Å². The predicted molar refractivity (Wildman–Crippen MR) is 78.3 cm³/mol. The van der Waals surface area contributed by atoms with Gasteiger partial charge in [-0.2, -0.15) is 0 Å². The van der Waals surface area contributed by atoms with Gasteiger partial charge in [-0.05, 0) is 24.3 Å². The van der Waals surface area contributed by atoms with E-state index in [-0.39, 0.29) is 36.1 Å². The van der Waals surface area contributed by atoms with Gasteiger partial charge in [0.05, 0.1) is 18.4 Å². The van der Waals surface area contributed by atoms with Gasteiger partial charge in [-0.3, -0.25) is 19.3 Å². The Bertz CT molecular complexity index is 531. The Hall–Kier alpha value is -1.69. The molecule has 2 fully saturated rings. The summed E-state index contributed by atoms with van der Waals surface area (Å²) in [6.45, 7) is 0.301. The molecule has 2 aliphatic rings. The van der Waals surface area contributed by atoms with Gasteiger partial charge < -0.3 is 5.32 Å². The van der Waals surface area contributed by atoms with Gasteiger partial charge in [0, 0.05) is 4.88 Å². The van der Waals surface area contributed by atoms with E-state index in [1.54, 1.807) is 11.3 Å². The lowest BCUT2D eigenvalue weighted by atomic mass is 9.81. The molecule has 1 N–H and O–H groups in total. The highest BCUT2D eigenvalue weighted by atomic mass is 32.1. The van der Waals surface area contributed by atoms with Gasteiger partial charge in [-0.15, -0.1) is 11.3 Å². The second kappa shape index (κ2) is 5.97.